The van der Waals surface area contributed by atoms with E-state index in [1.54, 1.807) is 13.0 Å². The second-order valence-electron chi connectivity index (χ2n) is 3.74. The molecule has 0 radical (unpaired) electrons. The maximum atomic E-state index is 13.1. The van der Waals surface area contributed by atoms with Crippen molar-refractivity contribution in [3.8, 4) is 11.4 Å². The van der Waals surface area contributed by atoms with Crippen LogP contribution in [0.3, 0.4) is 0 Å². The lowest BCUT2D eigenvalue weighted by atomic mass is 10.2. The number of rotatable bonds is 2. The van der Waals surface area contributed by atoms with E-state index >= 15 is 0 Å². The summed E-state index contributed by atoms with van der Waals surface area (Å²) in [6.07, 6.45) is 0. The van der Waals surface area contributed by atoms with E-state index in [1.807, 2.05) is 0 Å². The molecule has 0 spiro atoms. The Hall–Kier alpha value is -1.95. The Bertz CT molecular complexity index is 579. The number of hydrogen-bond acceptors (Lipinski definition) is 3. The summed E-state index contributed by atoms with van der Waals surface area (Å²) in [5, 5.41) is 8.99. The highest BCUT2D eigenvalue weighted by molar-refractivity contribution is 5.55. The van der Waals surface area contributed by atoms with Gasteiger partial charge in [-0.05, 0) is 25.1 Å². The minimum Gasteiger partial charge on any atom is -0.390 e. The Labute approximate surface area is 101 Å². The number of hydrogen-bond donors (Lipinski definition) is 1. The van der Waals surface area contributed by atoms with Crippen molar-refractivity contribution >= 4 is 0 Å². The Balaban J connectivity index is 2.58. The van der Waals surface area contributed by atoms with Crippen molar-refractivity contribution in [3.63, 3.8) is 0 Å². The lowest BCUT2D eigenvalue weighted by molar-refractivity contribution is 0.276. The number of benzene rings is 1. The fraction of sp³-hybridized carbons (Fsp3) is 0.167. The van der Waals surface area contributed by atoms with Gasteiger partial charge in [0.25, 0.3) is 0 Å². The van der Waals surface area contributed by atoms with E-state index < -0.39 is 17.5 Å². The molecule has 0 fully saturated rings. The summed E-state index contributed by atoms with van der Waals surface area (Å²) >= 11 is 0. The maximum Gasteiger partial charge on any atom is 0.194 e. The number of aromatic nitrogens is 2. The summed E-state index contributed by atoms with van der Waals surface area (Å²) in [5.41, 5.74) is 0.877. The summed E-state index contributed by atoms with van der Waals surface area (Å²) in [6, 6.07) is 3.17. The van der Waals surface area contributed by atoms with Crippen LogP contribution in [0.5, 0.6) is 0 Å². The van der Waals surface area contributed by atoms with Crippen LogP contribution >= 0.6 is 0 Å². The van der Waals surface area contributed by atoms with E-state index in [0.29, 0.717) is 11.4 Å². The average Bonchev–Trinajstić information content (AvgIpc) is 2.34. The second kappa shape index (κ2) is 4.73. The van der Waals surface area contributed by atoms with Crippen molar-refractivity contribution in [2.24, 2.45) is 0 Å². The van der Waals surface area contributed by atoms with Crippen LogP contribution in [0.2, 0.25) is 0 Å². The third-order valence-corrected chi connectivity index (χ3v) is 2.31. The van der Waals surface area contributed by atoms with Crippen molar-refractivity contribution in [2.45, 2.75) is 13.5 Å². The van der Waals surface area contributed by atoms with Crippen molar-refractivity contribution < 1.29 is 18.3 Å². The molecular formula is C12H9F3N2O. The molecule has 0 amide bonds. The van der Waals surface area contributed by atoms with Crippen LogP contribution in [0.25, 0.3) is 11.4 Å². The van der Waals surface area contributed by atoms with E-state index in [1.165, 1.54) is 0 Å². The number of nitrogens with zero attached hydrogens (tertiary/aromatic N) is 2. The summed E-state index contributed by atoms with van der Waals surface area (Å²) in [4.78, 5) is 7.90. The normalized spacial score (nSPS) is 10.7. The minimum absolute atomic E-state index is 0.0183. The van der Waals surface area contributed by atoms with Gasteiger partial charge in [-0.1, -0.05) is 0 Å². The highest BCUT2D eigenvalue weighted by atomic mass is 19.2. The van der Waals surface area contributed by atoms with Crippen molar-refractivity contribution in [3.05, 3.63) is 47.0 Å². The highest BCUT2D eigenvalue weighted by Gasteiger charge is 2.13. The fourth-order valence-electron chi connectivity index (χ4n) is 1.53. The van der Waals surface area contributed by atoms with E-state index in [9.17, 15) is 13.2 Å². The molecule has 0 saturated carbocycles. The number of aliphatic hydroxyl groups excluding tert-OH is 1. The first-order valence-electron chi connectivity index (χ1n) is 5.11. The Kier molecular flexibility index (Phi) is 3.29. The lowest BCUT2D eigenvalue weighted by Gasteiger charge is -2.05. The van der Waals surface area contributed by atoms with Crippen LogP contribution in [0.1, 0.15) is 11.4 Å². The van der Waals surface area contributed by atoms with Crippen molar-refractivity contribution in [1.82, 2.24) is 9.97 Å². The van der Waals surface area contributed by atoms with Crippen molar-refractivity contribution in [2.75, 3.05) is 0 Å². The lowest BCUT2D eigenvalue weighted by Crippen LogP contribution is -2.00. The zero-order valence-electron chi connectivity index (χ0n) is 9.41. The number of halogens is 3. The van der Waals surface area contributed by atoms with Gasteiger partial charge in [0.2, 0.25) is 0 Å². The molecule has 1 aromatic carbocycles. The number of aliphatic hydroxyl groups is 1. The molecule has 1 aromatic heterocycles. The SMILES string of the molecule is Cc1cc(CO)nc(-c2cc(F)c(F)c(F)c2)n1. The predicted molar refractivity (Wildman–Crippen MR) is 58.0 cm³/mol. The molecule has 94 valence electrons. The van der Waals surface area contributed by atoms with Crippen LogP contribution in [0.15, 0.2) is 18.2 Å². The van der Waals surface area contributed by atoms with Crippen LogP contribution in [0, 0.1) is 24.4 Å². The van der Waals surface area contributed by atoms with E-state index in [4.69, 9.17) is 5.11 Å². The van der Waals surface area contributed by atoms with Gasteiger partial charge < -0.3 is 5.11 Å². The molecule has 2 rings (SSSR count). The predicted octanol–water partition coefficient (Wildman–Crippen LogP) is 2.36. The zero-order valence-corrected chi connectivity index (χ0v) is 9.41. The van der Waals surface area contributed by atoms with Crippen LogP contribution in [-0.2, 0) is 6.61 Å². The zero-order chi connectivity index (χ0) is 13.3. The third kappa shape index (κ3) is 2.33. The summed E-state index contributed by atoms with van der Waals surface area (Å²) in [7, 11) is 0. The fourth-order valence-corrected chi connectivity index (χ4v) is 1.53. The maximum absolute atomic E-state index is 13.1. The average molecular weight is 254 g/mol. The van der Waals surface area contributed by atoms with Crippen LogP contribution < -0.4 is 0 Å². The molecule has 0 aliphatic heterocycles. The minimum atomic E-state index is -1.53. The van der Waals surface area contributed by atoms with E-state index in [-0.39, 0.29) is 18.0 Å². The Morgan fingerprint density at radius 2 is 1.67 bits per heavy atom. The molecule has 0 aliphatic rings. The molecule has 0 unspecified atom stereocenters. The molecule has 6 heteroatoms. The van der Waals surface area contributed by atoms with Crippen LogP contribution in [0.4, 0.5) is 13.2 Å². The van der Waals surface area contributed by atoms with Crippen molar-refractivity contribution in [1.29, 1.82) is 0 Å². The van der Waals surface area contributed by atoms with Gasteiger partial charge >= 0.3 is 0 Å². The monoisotopic (exact) mass is 254 g/mol. The van der Waals surface area contributed by atoms with Gasteiger partial charge in [-0.3, -0.25) is 0 Å². The first-order chi connectivity index (χ1) is 8.51. The topological polar surface area (TPSA) is 46.0 Å². The second-order valence-corrected chi connectivity index (χ2v) is 3.74. The molecule has 2 aromatic rings. The molecule has 0 atom stereocenters. The van der Waals surface area contributed by atoms with E-state index in [2.05, 4.69) is 9.97 Å². The standard InChI is InChI=1S/C12H9F3N2O/c1-6-2-8(5-18)17-12(16-6)7-3-9(13)11(15)10(14)4-7/h2-4,18H,5H2,1H3. The quantitative estimate of drug-likeness (QED) is 0.837. The molecule has 18 heavy (non-hydrogen) atoms. The van der Waals surface area contributed by atoms with E-state index in [0.717, 1.165) is 12.1 Å². The highest BCUT2D eigenvalue weighted by Crippen LogP contribution is 2.21. The third-order valence-electron chi connectivity index (χ3n) is 2.31. The van der Waals surface area contributed by atoms with Gasteiger partial charge in [-0.25, -0.2) is 23.1 Å². The molecule has 0 aliphatic carbocycles. The molecular weight excluding hydrogens is 245 g/mol. The first kappa shape index (κ1) is 12.5. The Morgan fingerprint density at radius 3 is 2.22 bits per heavy atom. The van der Waals surface area contributed by atoms with Gasteiger partial charge in [-0.15, -0.1) is 0 Å². The van der Waals surface area contributed by atoms with Gasteiger partial charge in [0, 0.05) is 11.3 Å². The largest absolute Gasteiger partial charge is 0.390 e. The smallest absolute Gasteiger partial charge is 0.194 e. The molecule has 1 heterocycles. The Morgan fingerprint density at radius 1 is 1.06 bits per heavy atom. The number of aryl methyl sites for hydroxylation is 1. The van der Waals surface area contributed by atoms with Gasteiger partial charge in [0.05, 0.1) is 12.3 Å². The first-order valence-corrected chi connectivity index (χ1v) is 5.11. The van der Waals surface area contributed by atoms with Gasteiger partial charge in [-0.2, -0.15) is 0 Å². The van der Waals surface area contributed by atoms with Crippen LogP contribution in [-0.4, -0.2) is 15.1 Å². The molecule has 3 nitrogen and oxygen atoms in total. The van der Waals surface area contributed by atoms with Gasteiger partial charge in [0.1, 0.15) is 0 Å². The molecule has 1 N–H and O–H groups in total. The van der Waals surface area contributed by atoms with Gasteiger partial charge in [0.15, 0.2) is 23.3 Å². The summed E-state index contributed by atoms with van der Waals surface area (Å²) in [6.45, 7) is 1.34. The summed E-state index contributed by atoms with van der Waals surface area (Å²) < 4.78 is 39.0. The molecule has 0 bridgehead atoms. The summed E-state index contributed by atoms with van der Waals surface area (Å²) in [5.74, 6) is -4.10. The molecule has 0 saturated heterocycles.